The van der Waals surface area contributed by atoms with E-state index in [2.05, 4.69) is 11.9 Å². The van der Waals surface area contributed by atoms with E-state index < -0.39 is 0 Å². The summed E-state index contributed by atoms with van der Waals surface area (Å²) in [6, 6.07) is 0. The molecule has 0 aliphatic carbocycles. The number of hydrogen-bond donors (Lipinski definition) is 3. The Kier molecular flexibility index (Phi) is 3.87. The fourth-order valence-electron chi connectivity index (χ4n) is 0.359. The van der Waals surface area contributed by atoms with Crippen LogP contribution in [0.5, 0.6) is 0 Å². The van der Waals surface area contributed by atoms with Crippen LogP contribution in [0.4, 0.5) is 0 Å². The Bertz CT molecular complexity index is 168. The lowest BCUT2D eigenvalue weighted by atomic mass is 10.4. The Morgan fingerprint density at radius 2 is 2.10 bits per heavy atom. The van der Waals surface area contributed by atoms with Crippen LogP contribution in [-0.4, -0.2) is 7.05 Å². The van der Waals surface area contributed by atoms with Crippen LogP contribution >= 0.6 is 0 Å². The third kappa shape index (κ3) is 4.77. The van der Waals surface area contributed by atoms with Gasteiger partial charge in [0.05, 0.1) is 5.82 Å². The molecule has 3 nitrogen and oxygen atoms in total. The standard InChI is InChI=1S/C7H13N3/c1-6(8)4-3-5-7(9)10-2/h3-5,10H,1,8-9H2,2H3/b4-3-,7-5-. The number of allylic oxidation sites excluding steroid dienone is 3. The largest absolute Gasteiger partial charge is 0.399 e. The van der Waals surface area contributed by atoms with Gasteiger partial charge in [0.1, 0.15) is 0 Å². The molecule has 56 valence electrons. The van der Waals surface area contributed by atoms with Crippen molar-refractivity contribution in [2.75, 3.05) is 7.05 Å². The van der Waals surface area contributed by atoms with E-state index in [1.54, 1.807) is 25.3 Å². The number of hydrogen-bond acceptors (Lipinski definition) is 3. The van der Waals surface area contributed by atoms with E-state index in [-0.39, 0.29) is 0 Å². The van der Waals surface area contributed by atoms with Gasteiger partial charge in [-0.15, -0.1) is 0 Å². The van der Waals surface area contributed by atoms with Crippen LogP contribution in [0.2, 0.25) is 0 Å². The fourth-order valence-corrected chi connectivity index (χ4v) is 0.359. The molecule has 0 spiro atoms. The van der Waals surface area contributed by atoms with Crippen molar-refractivity contribution in [2.24, 2.45) is 11.5 Å². The maximum atomic E-state index is 5.39. The molecule has 0 aromatic heterocycles. The molecule has 0 aromatic rings. The first-order chi connectivity index (χ1) is 4.66. The summed E-state index contributed by atoms with van der Waals surface area (Å²) < 4.78 is 0. The second-order valence-corrected chi connectivity index (χ2v) is 1.81. The Balaban J connectivity index is 3.82. The predicted molar refractivity (Wildman–Crippen MR) is 43.8 cm³/mol. The van der Waals surface area contributed by atoms with E-state index in [1.165, 1.54) is 0 Å². The van der Waals surface area contributed by atoms with E-state index in [0.717, 1.165) is 0 Å². The first-order valence-corrected chi connectivity index (χ1v) is 2.92. The average Bonchev–Trinajstić information content (AvgIpc) is 1.87. The minimum atomic E-state index is 0.514. The molecule has 0 atom stereocenters. The van der Waals surface area contributed by atoms with Crippen molar-refractivity contribution < 1.29 is 0 Å². The van der Waals surface area contributed by atoms with Crippen LogP contribution in [-0.2, 0) is 0 Å². The summed E-state index contributed by atoms with van der Waals surface area (Å²) in [7, 11) is 1.75. The minimum absolute atomic E-state index is 0.514. The van der Waals surface area contributed by atoms with E-state index in [0.29, 0.717) is 11.5 Å². The smallest absolute Gasteiger partial charge is 0.0957 e. The molecule has 0 aliphatic heterocycles. The monoisotopic (exact) mass is 139 g/mol. The molecule has 5 N–H and O–H groups in total. The first kappa shape index (κ1) is 8.62. The third-order valence-electron chi connectivity index (χ3n) is 0.875. The lowest BCUT2D eigenvalue weighted by molar-refractivity contribution is 0.965. The van der Waals surface area contributed by atoms with E-state index in [9.17, 15) is 0 Å². The predicted octanol–water partition coefficient (Wildman–Crippen LogP) is 0.0345. The Morgan fingerprint density at radius 3 is 2.50 bits per heavy atom. The molecule has 0 aliphatic rings. The molecule has 0 saturated heterocycles. The van der Waals surface area contributed by atoms with Gasteiger partial charge in [0, 0.05) is 12.7 Å². The SMILES string of the molecule is C=C(N)/C=C\C=C(\N)NC. The maximum Gasteiger partial charge on any atom is 0.0957 e. The van der Waals surface area contributed by atoms with Gasteiger partial charge in [-0.25, -0.2) is 0 Å². The molecule has 10 heavy (non-hydrogen) atoms. The number of nitrogens with two attached hydrogens (primary N) is 2. The van der Waals surface area contributed by atoms with E-state index in [4.69, 9.17) is 11.5 Å². The zero-order chi connectivity index (χ0) is 7.98. The zero-order valence-electron chi connectivity index (χ0n) is 6.09. The summed E-state index contributed by atoms with van der Waals surface area (Å²) in [5.74, 6) is 0.595. The summed E-state index contributed by atoms with van der Waals surface area (Å²) in [4.78, 5) is 0. The topological polar surface area (TPSA) is 64.1 Å². The van der Waals surface area contributed by atoms with E-state index >= 15 is 0 Å². The maximum absolute atomic E-state index is 5.39. The summed E-state index contributed by atoms with van der Waals surface area (Å²) in [6.07, 6.45) is 5.11. The van der Waals surface area contributed by atoms with Gasteiger partial charge in [-0.05, 0) is 12.2 Å². The fraction of sp³-hybridized carbons (Fsp3) is 0.143. The summed E-state index contributed by atoms with van der Waals surface area (Å²) in [5.41, 5.74) is 11.1. The highest BCUT2D eigenvalue weighted by molar-refractivity contribution is 5.17. The highest BCUT2D eigenvalue weighted by atomic mass is 14.9. The van der Waals surface area contributed by atoms with Crippen molar-refractivity contribution in [3.8, 4) is 0 Å². The molecule has 0 aromatic carbocycles. The van der Waals surface area contributed by atoms with Gasteiger partial charge in [0.25, 0.3) is 0 Å². The summed E-state index contributed by atoms with van der Waals surface area (Å²) in [6.45, 7) is 3.48. The van der Waals surface area contributed by atoms with Crippen LogP contribution in [0.25, 0.3) is 0 Å². The third-order valence-corrected chi connectivity index (χ3v) is 0.875. The summed E-state index contributed by atoms with van der Waals surface area (Å²) >= 11 is 0. The van der Waals surface area contributed by atoms with Crippen LogP contribution in [0.1, 0.15) is 0 Å². The lowest BCUT2D eigenvalue weighted by Crippen LogP contribution is -2.13. The van der Waals surface area contributed by atoms with Crippen molar-refractivity contribution in [1.29, 1.82) is 0 Å². The second-order valence-electron chi connectivity index (χ2n) is 1.81. The average molecular weight is 139 g/mol. The van der Waals surface area contributed by atoms with Crippen molar-refractivity contribution in [3.63, 3.8) is 0 Å². The molecule has 3 heteroatoms. The van der Waals surface area contributed by atoms with Crippen LogP contribution < -0.4 is 16.8 Å². The Morgan fingerprint density at radius 1 is 1.50 bits per heavy atom. The van der Waals surface area contributed by atoms with Gasteiger partial charge >= 0.3 is 0 Å². The van der Waals surface area contributed by atoms with E-state index in [1.807, 2.05) is 0 Å². The van der Waals surface area contributed by atoms with Crippen LogP contribution in [0, 0.1) is 0 Å². The van der Waals surface area contributed by atoms with Gasteiger partial charge in [-0.2, -0.15) is 0 Å². The number of rotatable bonds is 3. The molecule has 0 amide bonds. The molecule has 0 rings (SSSR count). The van der Waals surface area contributed by atoms with Crippen LogP contribution in [0.3, 0.4) is 0 Å². The van der Waals surface area contributed by atoms with Crippen molar-refractivity contribution >= 4 is 0 Å². The van der Waals surface area contributed by atoms with Crippen molar-refractivity contribution in [2.45, 2.75) is 0 Å². The zero-order valence-corrected chi connectivity index (χ0v) is 6.09. The van der Waals surface area contributed by atoms with Crippen molar-refractivity contribution in [3.05, 3.63) is 36.3 Å². The molecule has 0 unspecified atom stereocenters. The molecular weight excluding hydrogens is 126 g/mol. The lowest BCUT2D eigenvalue weighted by Gasteiger charge is -1.93. The second kappa shape index (κ2) is 4.49. The highest BCUT2D eigenvalue weighted by Gasteiger charge is 1.76. The van der Waals surface area contributed by atoms with Gasteiger partial charge in [-0.3, -0.25) is 0 Å². The first-order valence-electron chi connectivity index (χ1n) is 2.92. The normalized spacial score (nSPS) is 11.9. The van der Waals surface area contributed by atoms with Gasteiger partial charge in [0.2, 0.25) is 0 Å². The molecule has 0 bridgehead atoms. The molecular formula is C7H13N3. The Labute approximate surface area is 61.1 Å². The molecule has 0 heterocycles. The minimum Gasteiger partial charge on any atom is -0.399 e. The molecule has 0 fully saturated rings. The highest BCUT2D eigenvalue weighted by Crippen LogP contribution is 1.83. The quantitative estimate of drug-likeness (QED) is 0.483. The number of nitrogens with one attached hydrogen (secondary N) is 1. The molecule has 0 saturated carbocycles. The van der Waals surface area contributed by atoms with Crippen LogP contribution in [0.15, 0.2) is 36.3 Å². The van der Waals surface area contributed by atoms with Crippen molar-refractivity contribution in [1.82, 2.24) is 5.32 Å². The van der Waals surface area contributed by atoms with Gasteiger partial charge in [-0.1, -0.05) is 12.7 Å². The summed E-state index contributed by atoms with van der Waals surface area (Å²) in [5, 5.41) is 2.76. The van der Waals surface area contributed by atoms with Gasteiger partial charge in [0.15, 0.2) is 0 Å². The van der Waals surface area contributed by atoms with Gasteiger partial charge < -0.3 is 16.8 Å². The Hall–Kier alpha value is -1.38. The molecule has 0 radical (unpaired) electrons.